The van der Waals surface area contributed by atoms with Crippen LogP contribution < -0.4 is 14.2 Å². The number of hydrogen-bond donors (Lipinski definition) is 1. The number of hydrogen-bond acceptors (Lipinski definition) is 6. The molecule has 26 heavy (non-hydrogen) atoms. The van der Waals surface area contributed by atoms with Crippen molar-refractivity contribution in [2.24, 2.45) is 5.92 Å². The highest BCUT2D eigenvalue weighted by Crippen LogP contribution is 2.29. The molecule has 0 bridgehead atoms. The average Bonchev–Trinajstić information content (AvgIpc) is 2.67. The lowest BCUT2D eigenvalue weighted by Crippen LogP contribution is -2.39. The van der Waals surface area contributed by atoms with Gasteiger partial charge in [0.15, 0.2) is 11.5 Å². The van der Waals surface area contributed by atoms with Gasteiger partial charge in [0.1, 0.15) is 0 Å². The molecule has 1 aliphatic rings. The first-order valence-corrected chi connectivity index (χ1v) is 9.78. The van der Waals surface area contributed by atoms with Gasteiger partial charge in [-0.2, -0.15) is 5.26 Å². The smallest absolute Gasteiger partial charge is 0.240 e. The SMILES string of the molecule is COc1ccc(S(=O)(=O)NCCC(=O)N2CCC(C#N)CC2)cc1OC. The van der Waals surface area contributed by atoms with E-state index in [1.165, 1.54) is 32.4 Å². The molecule has 1 fully saturated rings. The van der Waals surface area contributed by atoms with Crippen molar-refractivity contribution in [3.8, 4) is 17.6 Å². The third kappa shape index (κ3) is 4.86. The third-order valence-corrected chi connectivity index (χ3v) is 5.79. The van der Waals surface area contributed by atoms with Gasteiger partial charge in [-0.1, -0.05) is 0 Å². The number of carbonyl (C=O) groups excluding carboxylic acids is 1. The number of benzene rings is 1. The summed E-state index contributed by atoms with van der Waals surface area (Å²) in [6.07, 6.45) is 1.41. The molecule has 1 aromatic rings. The van der Waals surface area contributed by atoms with Crippen LogP contribution in [-0.2, 0) is 14.8 Å². The van der Waals surface area contributed by atoms with Crippen molar-refractivity contribution in [2.45, 2.75) is 24.2 Å². The van der Waals surface area contributed by atoms with Gasteiger partial charge in [-0.25, -0.2) is 13.1 Å². The second-order valence-corrected chi connectivity index (χ2v) is 7.72. The predicted octanol–water partition coefficient (Wildman–Crippen LogP) is 1.13. The molecule has 0 spiro atoms. The lowest BCUT2D eigenvalue weighted by molar-refractivity contribution is -0.132. The molecule has 1 aliphatic heterocycles. The highest BCUT2D eigenvalue weighted by atomic mass is 32.2. The Hall–Kier alpha value is -2.31. The van der Waals surface area contributed by atoms with Gasteiger partial charge in [0.25, 0.3) is 0 Å². The molecule has 2 rings (SSSR count). The second kappa shape index (κ2) is 8.87. The maximum Gasteiger partial charge on any atom is 0.240 e. The zero-order valence-electron chi connectivity index (χ0n) is 14.9. The molecule has 8 nitrogen and oxygen atoms in total. The van der Waals surface area contributed by atoms with E-state index in [4.69, 9.17) is 14.7 Å². The molecule has 1 saturated heterocycles. The van der Waals surface area contributed by atoms with Crippen LogP contribution in [-0.4, -0.2) is 53.1 Å². The van der Waals surface area contributed by atoms with E-state index in [0.29, 0.717) is 37.4 Å². The Bertz CT molecular complexity index is 780. The van der Waals surface area contributed by atoms with Crippen LogP contribution in [0, 0.1) is 17.2 Å². The van der Waals surface area contributed by atoms with E-state index in [0.717, 1.165) is 0 Å². The molecule has 0 atom stereocenters. The fourth-order valence-corrected chi connectivity index (χ4v) is 3.82. The maximum atomic E-state index is 12.4. The number of ether oxygens (including phenoxy) is 2. The van der Waals surface area contributed by atoms with E-state index in [9.17, 15) is 13.2 Å². The summed E-state index contributed by atoms with van der Waals surface area (Å²) in [5.74, 6) is 0.633. The zero-order chi connectivity index (χ0) is 19.2. The van der Waals surface area contributed by atoms with Crippen molar-refractivity contribution in [3.05, 3.63) is 18.2 Å². The number of piperidine rings is 1. The number of nitrogens with one attached hydrogen (secondary N) is 1. The number of methoxy groups -OCH3 is 2. The van der Waals surface area contributed by atoms with Crippen molar-refractivity contribution >= 4 is 15.9 Å². The highest BCUT2D eigenvalue weighted by molar-refractivity contribution is 7.89. The Morgan fingerprint density at radius 1 is 1.27 bits per heavy atom. The van der Waals surface area contributed by atoms with E-state index in [1.54, 1.807) is 4.90 Å². The van der Waals surface area contributed by atoms with Gasteiger partial charge in [-0.15, -0.1) is 0 Å². The molecule has 1 aromatic carbocycles. The fraction of sp³-hybridized carbons (Fsp3) is 0.529. The summed E-state index contributed by atoms with van der Waals surface area (Å²) < 4.78 is 37.4. The first-order valence-electron chi connectivity index (χ1n) is 8.30. The van der Waals surface area contributed by atoms with Crippen LogP contribution in [0.15, 0.2) is 23.1 Å². The Labute approximate surface area is 153 Å². The summed E-state index contributed by atoms with van der Waals surface area (Å²) in [6, 6.07) is 6.51. The summed E-state index contributed by atoms with van der Waals surface area (Å²) in [4.78, 5) is 13.9. The molecule has 142 valence electrons. The van der Waals surface area contributed by atoms with Gasteiger partial charge in [-0.05, 0) is 25.0 Å². The van der Waals surface area contributed by atoms with Crippen molar-refractivity contribution in [3.63, 3.8) is 0 Å². The predicted molar refractivity (Wildman–Crippen MR) is 94.3 cm³/mol. The van der Waals surface area contributed by atoms with Crippen LogP contribution >= 0.6 is 0 Å². The van der Waals surface area contributed by atoms with Crippen LogP contribution in [0.5, 0.6) is 11.5 Å². The number of sulfonamides is 1. The summed E-state index contributed by atoms with van der Waals surface area (Å²) in [7, 11) is -0.862. The monoisotopic (exact) mass is 381 g/mol. The number of nitrogens with zero attached hydrogens (tertiary/aromatic N) is 2. The van der Waals surface area contributed by atoms with E-state index >= 15 is 0 Å². The first kappa shape index (κ1) is 20.0. The molecule has 0 aliphatic carbocycles. The van der Waals surface area contributed by atoms with Gasteiger partial charge in [0.05, 0.1) is 25.2 Å². The third-order valence-electron chi connectivity index (χ3n) is 4.33. The van der Waals surface area contributed by atoms with Crippen molar-refractivity contribution in [2.75, 3.05) is 33.9 Å². The lowest BCUT2D eigenvalue weighted by atomic mass is 9.98. The summed E-state index contributed by atoms with van der Waals surface area (Å²) in [6.45, 7) is 1.09. The number of carbonyl (C=O) groups is 1. The minimum absolute atomic E-state index is 0.00241. The first-order chi connectivity index (χ1) is 12.4. The minimum Gasteiger partial charge on any atom is -0.493 e. The number of amides is 1. The number of nitriles is 1. The number of likely N-dealkylation sites (tertiary alicyclic amines) is 1. The topological polar surface area (TPSA) is 109 Å². The molecule has 0 unspecified atom stereocenters. The van der Waals surface area contributed by atoms with Crippen molar-refractivity contribution in [1.29, 1.82) is 5.26 Å². The van der Waals surface area contributed by atoms with E-state index in [-0.39, 0.29) is 29.7 Å². The van der Waals surface area contributed by atoms with Crippen molar-refractivity contribution < 1.29 is 22.7 Å². The molecule has 0 saturated carbocycles. The molecular weight excluding hydrogens is 358 g/mol. The Morgan fingerprint density at radius 2 is 1.92 bits per heavy atom. The van der Waals surface area contributed by atoms with Crippen LogP contribution in [0.2, 0.25) is 0 Å². The molecule has 1 heterocycles. The van der Waals surface area contributed by atoms with E-state index < -0.39 is 10.0 Å². The standard InChI is InChI=1S/C17H23N3O5S/c1-24-15-4-3-14(11-16(15)25-2)26(22,23)19-8-5-17(21)20-9-6-13(12-18)7-10-20/h3-4,11,13,19H,5-10H2,1-2H3. The molecule has 9 heteroatoms. The summed E-state index contributed by atoms with van der Waals surface area (Å²) in [5, 5.41) is 8.88. The van der Waals surface area contributed by atoms with Gasteiger partial charge < -0.3 is 14.4 Å². The average molecular weight is 381 g/mol. The largest absolute Gasteiger partial charge is 0.493 e. The zero-order valence-corrected chi connectivity index (χ0v) is 15.7. The molecule has 0 radical (unpaired) electrons. The normalized spacial score (nSPS) is 15.3. The van der Waals surface area contributed by atoms with Gasteiger partial charge >= 0.3 is 0 Å². The quantitative estimate of drug-likeness (QED) is 0.758. The fourth-order valence-electron chi connectivity index (χ4n) is 2.78. The summed E-state index contributed by atoms with van der Waals surface area (Å²) >= 11 is 0. The molecular formula is C17H23N3O5S. The van der Waals surface area contributed by atoms with Crippen LogP contribution in [0.1, 0.15) is 19.3 Å². The lowest BCUT2D eigenvalue weighted by Gasteiger charge is -2.29. The van der Waals surface area contributed by atoms with Crippen LogP contribution in [0.25, 0.3) is 0 Å². The Morgan fingerprint density at radius 3 is 2.50 bits per heavy atom. The minimum atomic E-state index is -3.76. The van der Waals surface area contributed by atoms with Gasteiger partial charge in [-0.3, -0.25) is 4.79 Å². The van der Waals surface area contributed by atoms with Crippen LogP contribution in [0.4, 0.5) is 0 Å². The van der Waals surface area contributed by atoms with Gasteiger partial charge in [0.2, 0.25) is 15.9 Å². The van der Waals surface area contributed by atoms with E-state index in [2.05, 4.69) is 10.8 Å². The molecule has 1 amide bonds. The van der Waals surface area contributed by atoms with Gasteiger partial charge in [0, 0.05) is 38.0 Å². The summed E-state index contributed by atoms with van der Waals surface area (Å²) in [5.41, 5.74) is 0. The molecule has 0 aromatic heterocycles. The molecule has 1 N–H and O–H groups in total. The second-order valence-electron chi connectivity index (χ2n) is 5.95. The van der Waals surface area contributed by atoms with E-state index in [1.807, 2.05) is 0 Å². The van der Waals surface area contributed by atoms with Crippen LogP contribution in [0.3, 0.4) is 0 Å². The Balaban J connectivity index is 1.90. The number of rotatable bonds is 7. The Kier molecular flexibility index (Phi) is 6.83. The van der Waals surface area contributed by atoms with Crippen molar-refractivity contribution in [1.82, 2.24) is 9.62 Å². The maximum absolute atomic E-state index is 12.4. The highest BCUT2D eigenvalue weighted by Gasteiger charge is 2.23.